The van der Waals surface area contributed by atoms with Gasteiger partial charge in [0.1, 0.15) is 12.6 Å². The highest BCUT2D eigenvalue weighted by Crippen LogP contribution is 2.30. The number of hydrogen-bond acceptors (Lipinski definition) is 4. The van der Waals surface area contributed by atoms with Crippen molar-refractivity contribution in [2.45, 2.75) is 65.4 Å². The monoisotopic (exact) mass is 631 g/mol. The maximum absolute atomic E-state index is 14.3. The Morgan fingerprint density at radius 3 is 2.05 bits per heavy atom. The summed E-state index contributed by atoms with van der Waals surface area (Å²) >= 11 is 13.0. The topological polar surface area (TPSA) is 86.8 Å². The number of carbonyl (C=O) groups is 2. The standard InChI is InChI=1S/C32H39Cl2N3O4S/c1-7-29(32(39)35-18-21(2)3)36(19-26-27(33)9-8-10-28(26)34)31(38)20-37(30-16-13-23(5)17-24(30)6)42(40,41)25-14-11-22(4)12-15-25/h8-17,21,29H,7,18-20H2,1-6H3,(H,35,39)/t29-/m0/s1. The number of rotatable bonds is 12. The van der Waals surface area contributed by atoms with E-state index in [9.17, 15) is 18.0 Å². The summed E-state index contributed by atoms with van der Waals surface area (Å²) in [4.78, 5) is 29.1. The Hall–Kier alpha value is -3.07. The summed E-state index contributed by atoms with van der Waals surface area (Å²) in [7, 11) is -4.16. The molecule has 2 amide bonds. The van der Waals surface area contributed by atoms with Gasteiger partial charge in [-0.05, 0) is 69.0 Å². The van der Waals surface area contributed by atoms with E-state index in [0.717, 1.165) is 15.4 Å². The average Bonchev–Trinajstić information content (AvgIpc) is 2.92. The van der Waals surface area contributed by atoms with Crippen LogP contribution in [0.1, 0.15) is 49.4 Å². The first-order valence-corrected chi connectivity index (χ1v) is 16.1. The van der Waals surface area contributed by atoms with Gasteiger partial charge >= 0.3 is 0 Å². The molecule has 0 fully saturated rings. The van der Waals surface area contributed by atoms with E-state index < -0.39 is 28.5 Å². The third-order valence-electron chi connectivity index (χ3n) is 6.97. The van der Waals surface area contributed by atoms with Crippen LogP contribution in [0.4, 0.5) is 5.69 Å². The van der Waals surface area contributed by atoms with Crippen molar-refractivity contribution in [2.75, 3.05) is 17.4 Å². The molecule has 0 aliphatic carbocycles. The van der Waals surface area contributed by atoms with Gasteiger partial charge in [-0.3, -0.25) is 13.9 Å². The van der Waals surface area contributed by atoms with Crippen molar-refractivity contribution < 1.29 is 18.0 Å². The van der Waals surface area contributed by atoms with E-state index in [1.165, 1.54) is 17.0 Å². The van der Waals surface area contributed by atoms with Gasteiger partial charge in [0.2, 0.25) is 11.8 Å². The highest BCUT2D eigenvalue weighted by molar-refractivity contribution is 7.92. The number of hydrogen-bond donors (Lipinski definition) is 1. The number of sulfonamides is 1. The molecule has 10 heteroatoms. The Morgan fingerprint density at radius 1 is 0.905 bits per heavy atom. The van der Waals surface area contributed by atoms with Crippen molar-refractivity contribution in [3.63, 3.8) is 0 Å². The van der Waals surface area contributed by atoms with Crippen LogP contribution >= 0.6 is 23.2 Å². The van der Waals surface area contributed by atoms with E-state index in [2.05, 4.69) is 5.32 Å². The minimum Gasteiger partial charge on any atom is -0.354 e. The molecular formula is C32H39Cl2N3O4S. The van der Waals surface area contributed by atoms with Crippen LogP contribution in [-0.4, -0.2) is 44.3 Å². The Labute approximate surface area is 259 Å². The summed E-state index contributed by atoms with van der Waals surface area (Å²) in [5.41, 5.74) is 3.41. The Morgan fingerprint density at radius 2 is 1.50 bits per heavy atom. The first-order chi connectivity index (χ1) is 19.8. The molecule has 1 atom stereocenters. The van der Waals surface area contributed by atoms with Crippen LogP contribution in [0, 0.1) is 26.7 Å². The molecule has 0 unspecified atom stereocenters. The van der Waals surface area contributed by atoms with E-state index in [-0.39, 0.29) is 23.3 Å². The molecule has 0 aromatic heterocycles. The predicted octanol–water partition coefficient (Wildman–Crippen LogP) is 6.69. The first-order valence-electron chi connectivity index (χ1n) is 13.9. The molecule has 0 radical (unpaired) electrons. The molecule has 0 bridgehead atoms. The molecule has 3 rings (SSSR count). The zero-order valence-corrected chi connectivity index (χ0v) is 27.3. The van der Waals surface area contributed by atoms with Crippen LogP contribution in [-0.2, 0) is 26.2 Å². The molecule has 0 saturated heterocycles. The predicted molar refractivity (Wildman–Crippen MR) is 171 cm³/mol. The second kappa shape index (κ2) is 14.4. The zero-order valence-electron chi connectivity index (χ0n) is 24.9. The van der Waals surface area contributed by atoms with Gasteiger partial charge in [-0.25, -0.2) is 8.42 Å². The van der Waals surface area contributed by atoms with Gasteiger partial charge < -0.3 is 10.2 Å². The minimum atomic E-state index is -4.16. The van der Waals surface area contributed by atoms with Gasteiger partial charge in [-0.15, -0.1) is 0 Å². The smallest absolute Gasteiger partial charge is 0.264 e. The van der Waals surface area contributed by atoms with Crippen molar-refractivity contribution in [3.8, 4) is 0 Å². The highest BCUT2D eigenvalue weighted by atomic mass is 35.5. The lowest BCUT2D eigenvalue weighted by molar-refractivity contribution is -0.140. The van der Waals surface area contributed by atoms with Crippen LogP contribution in [0.5, 0.6) is 0 Å². The third-order valence-corrected chi connectivity index (χ3v) is 9.45. The Balaban J connectivity index is 2.12. The minimum absolute atomic E-state index is 0.0586. The van der Waals surface area contributed by atoms with Crippen molar-refractivity contribution in [3.05, 3.63) is 93.0 Å². The maximum atomic E-state index is 14.3. The lowest BCUT2D eigenvalue weighted by Crippen LogP contribution is -2.52. The quantitative estimate of drug-likeness (QED) is 0.241. The molecule has 0 spiro atoms. The lowest BCUT2D eigenvalue weighted by Gasteiger charge is -2.34. The summed E-state index contributed by atoms with van der Waals surface area (Å²) < 4.78 is 29.3. The number of nitrogens with zero attached hydrogens (tertiary/aromatic N) is 2. The molecule has 1 N–H and O–H groups in total. The summed E-state index contributed by atoms with van der Waals surface area (Å²) in [5, 5.41) is 3.60. The van der Waals surface area contributed by atoms with Crippen LogP contribution < -0.4 is 9.62 Å². The first kappa shape index (κ1) is 33.4. The number of carbonyl (C=O) groups excluding carboxylic acids is 2. The molecule has 3 aromatic carbocycles. The Kier molecular flexibility index (Phi) is 11.5. The second-order valence-electron chi connectivity index (χ2n) is 10.9. The summed E-state index contributed by atoms with van der Waals surface area (Å²) in [6.07, 6.45) is 0.298. The lowest BCUT2D eigenvalue weighted by atomic mass is 10.1. The number of halogens is 2. The largest absolute Gasteiger partial charge is 0.354 e. The maximum Gasteiger partial charge on any atom is 0.264 e. The SMILES string of the molecule is CC[C@@H](C(=O)NCC(C)C)N(Cc1c(Cl)cccc1Cl)C(=O)CN(c1ccc(C)cc1C)S(=O)(=O)c1ccc(C)cc1. The average molecular weight is 633 g/mol. The number of amides is 2. The van der Waals surface area contributed by atoms with Gasteiger partial charge in [0.25, 0.3) is 10.0 Å². The van der Waals surface area contributed by atoms with Crippen LogP contribution in [0.15, 0.2) is 65.6 Å². The second-order valence-corrected chi connectivity index (χ2v) is 13.6. The molecule has 226 valence electrons. The molecule has 0 aliphatic heterocycles. The molecule has 0 heterocycles. The van der Waals surface area contributed by atoms with E-state index in [1.54, 1.807) is 56.3 Å². The molecular weight excluding hydrogens is 593 g/mol. The normalized spacial score (nSPS) is 12.2. The molecule has 0 saturated carbocycles. The fraction of sp³-hybridized carbons (Fsp3) is 0.375. The van der Waals surface area contributed by atoms with Gasteiger partial charge in [-0.1, -0.05) is 85.4 Å². The van der Waals surface area contributed by atoms with Crippen molar-refractivity contribution >= 4 is 50.7 Å². The zero-order chi connectivity index (χ0) is 31.2. The fourth-order valence-corrected chi connectivity index (χ4v) is 6.63. The van der Waals surface area contributed by atoms with E-state index >= 15 is 0 Å². The van der Waals surface area contributed by atoms with Crippen molar-refractivity contribution in [1.29, 1.82) is 0 Å². The molecule has 7 nitrogen and oxygen atoms in total. The van der Waals surface area contributed by atoms with Gasteiger partial charge in [-0.2, -0.15) is 0 Å². The van der Waals surface area contributed by atoms with Crippen LogP contribution in [0.25, 0.3) is 0 Å². The summed E-state index contributed by atoms with van der Waals surface area (Å²) in [5.74, 6) is -0.691. The fourth-order valence-electron chi connectivity index (χ4n) is 4.63. The summed E-state index contributed by atoms with van der Waals surface area (Å²) in [6.45, 7) is 11.2. The van der Waals surface area contributed by atoms with Crippen molar-refractivity contribution in [2.24, 2.45) is 5.92 Å². The van der Waals surface area contributed by atoms with E-state index in [0.29, 0.717) is 39.8 Å². The highest BCUT2D eigenvalue weighted by Gasteiger charge is 2.34. The van der Waals surface area contributed by atoms with Gasteiger partial charge in [0.15, 0.2) is 0 Å². The molecule has 42 heavy (non-hydrogen) atoms. The number of anilines is 1. The van der Waals surface area contributed by atoms with Gasteiger partial charge in [0.05, 0.1) is 10.6 Å². The summed E-state index contributed by atoms with van der Waals surface area (Å²) in [6, 6.07) is 16.0. The van der Waals surface area contributed by atoms with E-state index in [4.69, 9.17) is 23.2 Å². The number of nitrogens with one attached hydrogen (secondary N) is 1. The van der Waals surface area contributed by atoms with E-state index in [1.807, 2.05) is 33.8 Å². The number of benzene rings is 3. The molecule has 3 aromatic rings. The van der Waals surface area contributed by atoms with Crippen LogP contribution in [0.2, 0.25) is 10.0 Å². The third kappa shape index (κ3) is 8.06. The number of aryl methyl sites for hydroxylation is 3. The Bertz CT molecular complexity index is 1500. The van der Waals surface area contributed by atoms with Gasteiger partial charge in [0, 0.05) is 28.7 Å². The molecule has 0 aliphatic rings. The van der Waals surface area contributed by atoms with Crippen LogP contribution in [0.3, 0.4) is 0 Å². The van der Waals surface area contributed by atoms with Crippen molar-refractivity contribution in [1.82, 2.24) is 10.2 Å².